The normalized spacial score (nSPS) is 10.6. The summed E-state index contributed by atoms with van der Waals surface area (Å²) < 4.78 is 12.0. The second kappa shape index (κ2) is 10.3. The van der Waals surface area contributed by atoms with Crippen molar-refractivity contribution in [1.82, 2.24) is 9.55 Å². The van der Waals surface area contributed by atoms with Crippen LogP contribution in [0.25, 0.3) is 5.57 Å². The summed E-state index contributed by atoms with van der Waals surface area (Å²) in [6.07, 6.45) is 1.86. The van der Waals surface area contributed by atoms with Crippen LogP contribution in [0.15, 0.2) is 36.0 Å². The number of carbonyl (C=O) groups excluding carboxylic acids is 1. The molecule has 0 aliphatic rings. The Hall–Kier alpha value is -4.11. The topological polar surface area (TPSA) is 138 Å². The van der Waals surface area contributed by atoms with E-state index in [2.05, 4.69) is 4.98 Å². The quantitative estimate of drug-likeness (QED) is 0.378. The maximum absolute atomic E-state index is 12.1. The molecule has 0 aliphatic carbocycles. The van der Waals surface area contributed by atoms with Crippen molar-refractivity contribution < 1.29 is 24.2 Å². The summed E-state index contributed by atoms with van der Waals surface area (Å²) >= 11 is 0. The Morgan fingerprint density at radius 2 is 1.78 bits per heavy atom. The van der Waals surface area contributed by atoms with Crippen LogP contribution in [0.1, 0.15) is 44.3 Å². The molecule has 0 saturated heterocycles. The maximum atomic E-state index is 12.1. The number of benzene rings is 1. The molecule has 0 bridgehead atoms. The molecule has 9 heteroatoms. The third-order valence-electron chi connectivity index (χ3n) is 4.25. The van der Waals surface area contributed by atoms with Crippen molar-refractivity contribution in [1.29, 1.82) is 10.5 Å². The molecule has 2 rings (SSSR count). The van der Waals surface area contributed by atoms with Gasteiger partial charge in [-0.05, 0) is 38.5 Å². The van der Waals surface area contributed by atoms with Gasteiger partial charge in [-0.2, -0.15) is 10.5 Å². The van der Waals surface area contributed by atoms with E-state index >= 15 is 0 Å². The fourth-order valence-corrected chi connectivity index (χ4v) is 2.91. The Morgan fingerprint density at radius 3 is 2.28 bits per heavy atom. The third kappa shape index (κ3) is 6.44. The Morgan fingerprint density at radius 1 is 1.16 bits per heavy atom. The number of hydrogen-bond acceptors (Lipinski definition) is 7. The van der Waals surface area contributed by atoms with E-state index in [1.165, 1.54) is 0 Å². The molecule has 2 aromatic rings. The first-order valence-electron chi connectivity index (χ1n) is 9.77. The second-order valence-corrected chi connectivity index (χ2v) is 7.90. The van der Waals surface area contributed by atoms with Crippen LogP contribution in [-0.4, -0.2) is 39.3 Å². The number of nitrogens with zero attached hydrogens (tertiary/aromatic N) is 4. The zero-order valence-corrected chi connectivity index (χ0v) is 18.4. The first-order chi connectivity index (χ1) is 15.1. The first-order valence-corrected chi connectivity index (χ1v) is 9.77. The van der Waals surface area contributed by atoms with Gasteiger partial charge in [0.05, 0.1) is 19.2 Å². The number of imidazole rings is 1. The van der Waals surface area contributed by atoms with Crippen LogP contribution in [0.3, 0.4) is 0 Å². The summed E-state index contributed by atoms with van der Waals surface area (Å²) in [6, 6.07) is 10.4. The lowest BCUT2D eigenvalue weighted by molar-refractivity contribution is -0.154. The Bertz CT molecular complexity index is 1090. The van der Waals surface area contributed by atoms with E-state index in [0.717, 1.165) is 5.56 Å². The number of ether oxygens (including phenoxy) is 2. The summed E-state index contributed by atoms with van der Waals surface area (Å²) in [5.74, 6) is -1.22. The Balaban J connectivity index is 2.44. The lowest BCUT2D eigenvalue weighted by atomic mass is 10.1. The molecule has 9 nitrogen and oxygen atoms in total. The zero-order chi connectivity index (χ0) is 23.9. The Labute approximate surface area is 186 Å². The SMILES string of the molecule is COc1ccc(Cn2cc(CCC(=O)OC(C)(C)C)nc2C(C(=O)O)=C(C#N)C#N)cc1. The number of aliphatic carboxylic acids is 1. The highest BCUT2D eigenvalue weighted by atomic mass is 16.6. The smallest absolute Gasteiger partial charge is 0.341 e. The number of aryl methyl sites for hydroxylation is 1. The number of carboxylic acid groups (broad SMARTS) is 1. The van der Waals surface area contributed by atoms with E-state index in [1.807, 2.05) is 12.1 Å². The number of hydrogen-bond donors (Lipinski definition) is 1. The van der Waals surface area contributed by atoms with E-state index in [4.69, 9.17) is 9.47 Å². The van der Waals surface area contributed by atoms with E-state index in [-0.39, 0.29) is 25.2 Å². The fraction of sp³-hybridized carbons (Fsp3) is 0.348. The third-order valence-corrected chi connectivity index (χ3v) is 4.25. The van der Waals surface area contributed by atoms with Crippen LogP contribution in [0, 0.1) is 22.7 Å². The molecule has 1 aromatic carbocycles. The molecule has 32 heavy (non-hydrogen) atoms. The van der Waals surface area contributed by atoms with Crippen molar-refractivity contribution in [2.45, 2.75) is 45.8 Å². The fourth-order valence-electron chi connectivity index (χ4n) is 2.91. The summed E-state index contributed by atoms with van der Waals surface area (Å²) in [4.78, 5) is 28.3. The van der Waals surface area contributed by atoms with Crippen molar-refractivity contribution >= 4 is 17.5 Å². The molecular formula is C23H24N4O5. The van der Waals surface area contributed by atoms with E-state index < -0.39 is 28.7 Å². The standard InChI is InChI=1S/C23H24N4O5/c1-23(2,3)32-19(28)10-7-17-14-27(13-15-5-8-18(31-4)9-6-15)21(26-17)20(22(29)30)16(11-24)12-25/h5-6,8-9,14H,7,10,13H2,1-4H3,(H,29,30). The molecule has 1 aromatic heterocycles. The number of rotatable bonds is 8. The molecule has 0 unspecified atom stereocenters. The molecule has 0 saturated carbocycles. The Kier molecular flexibility index (Phi) is 7.76. The number of methoxy groups -OCH3 is 1. The minimum atomic E-state index is -1.44. The van der Waals surface area contributed by atoms with Crippen LogP contribution in [0.2, 0.25) is 0 Å². The lowest BCUT2D eigenvalue weighted by Gasteiger charge is -2.19. The molecule has 0 amide bonds. The molecule has 0 spiro atoms. The van der Waals surface area contributed by atoms with Gasteiger partial charge < -0.3 is 19.1 Å². The predicted molar refractivity (Wildman–Crippen MR) is 114 cm³/mol. The van der Waals surface area contributed by atoms with E-state index in [1.54, 1.807) is 62.9 Å². The number of esters is 1. The maximum Gasteiger partial charge on any atom is 0.341 e. The van der Waals surface area contributed by atoms with Crippen molar-refractivity contribution in [2.24, 2.45) is 0 Å². The van der Waals surface area contributed by atoms with Gasteiger partial charge in [0.15, 0.2) is 0 Å². The van der Waals surface area contributed by atoms with Gasteiger partial charge in [0, 0.05) is 19.2 Å². The molecule has 0 fully saturated rings. The summed E-state index contributed by atoms with van der Waals surface area (Å²) in [6.45, 7) is 5.53. The highest BCUT2D eigenvalue weighted by molar-refractivity contribution is 6.17. The number of carbonyl (C=O) groups is 2. The molecular weight excluding hydrogens is 412 g/mol. The predicted octanol–water partition coefficient (Wildman–Crippen LogP) is 3.10. The molecule has 0 aliphatic heterocycles. The van der Waals surface area contributed by atoms with Gasteiger partial charge in [0.1, 0.15) is 40.5 Å². The van der Waals surface area contributed by atoms with Crippen molar-refractivity contribution in [2.75, 3.05) is 7.11 Å². The summed E-state index contributed by atoms with van der Waals surface area (Å²) in [5.41, 5.74) is -0.412. The highest BCUT2D eigenvalue weighted by Crippen LogP contribution is 2.22. The number of carboxylic acids is 1. The van der Waals surface area contributed by atoms with Crippen LogP contribution in [-0.2, 0) is 27.3 Å². The lowest BCUT2D eigenvalue weighted by Crippen LogP contribution is -2.24. The summed E-state index contributed by atoms with van der Waals surface area (Å²) in [7, 11) is 1.55. The van der Waals surface area contributed by atoms with Crippen molar-refractivity contribution in [3.05, 3.63) is 53.1 Å². The van der Waals surface area contributed by atoms with Gasteiger partial charge in [-0.1, -0.05) is 12.1 Å². The van der Waals surface area contributed by atoms with E-state index in [0.29, 0.717) is 11.4 Å². The average Bonchev–Trinajstić information content (AvgIpc) is 3.11. The van der Waals surface area contributed by atoms with Crippen LogP contribution < -0.4 is 4.74 Å². The van der Waals surface area contributed by atoms with Crippen LogP contribution in [0.5, 0.6) is 5.75 Å². The highest BCUT2D eigenvalue weighted by Gasteiger charge is 2.24. The molecule has 1 heterocycles. The largest absolute Gasteiger partial charge is 0.497 e. The van der Waals surface area contributed by atoms with Crippen molar-refractivity contribution in [3.8, 4) is 17.9 Å². The number of aromatic nitrogens is 2. The average molecular weight is 436 g/mol. The van der Waals surface area contributed by atoms with Gasteiger partial charge in [-0.15, -0.1) is 0 Å². The van der Waals surface area contributed by atoms with Gasteiger partial charge >= 0.3 is 11.9 Å². The zero-order valence-electron chi connectivity index (χ0n) is 18.4. The minimum absolute atomic E-state index is 0.0365. The van der Waals surface area contributed by atoms with Gasteiger partial charge in [-0.3, -0.25) is 4.79 Å². The monoisotopic (exact) mass is 436 g/mol. The minimum Gasteiger partial charge on any atom is -0.497 e. The summed E-state index contributed by atoms with van der Waals surface area (Å²) in [5, 5.41) is 28.1. The second-order valence-electron chi connectivity index (χ2n) is 7.90. The van der Waals surface area contributed by atoms with Crippen LogP contribution >= 0.6 is 0 Å². The van der Waals surface area contributed by atoms with Gasteiger partial charge in [0.25, 0.3) is 0 Å². The molecule has 166 valence electrons. The van der Waals surface area contributed by atoms with Gasteiger partial charge in [0.2, 0.25) is 0 Å². The number of allylic oxidation sites excluding steroid dienone is 1. The van der Waals surface area contributed by atoms with Crippen molar-refractivity contribution in [3.63, 3.8) is 0 Å². The first kappa shape index (κ1) is 24.2. The number of nitriles is 2. The van der Waals surface area contributed by atoms with Gasteiger partial charge in [-0.25, -0.2) is 9.78 Å². The van der Waals surface area contributed by atoms with Crippen LogP contribution in [0.4, 0.5) is 0 Å². The molecule has 0 atom stereocenters. The van der Waals surface area contributed by atoms with E-state index in [9.17, 15) is 25.2 Å². The molecule has 1 N–H and O–H groups in total. The molecule has 0 radical (unpaired) electrons.